The minimum atomic E-state index is -0.178. The second-order valence-electron chi connectivity index (χ2n) is 5.02. The van der Waals surface area contributed by atoms with Crippen LogP contribution in [0.1, 0.15) is 31.9 Å². The molecule has 1 saturated heterocycles. The first-order valence-corrected chi connectivity index (χ1v) is 6.22. The van der Waals surface area contributed by atoms with Crippen molar-refractivity contribution in [2.45, 2.75) is 32.4 Å². The van der Waals surface area contributed by atoms with Crippen LogP contribution in [-0.4, -0.2) is 29.3 Å². The molecule has 94 valence electrons. The molecule has 4 nitrogen and oxygen atoms in total. The highest BCUT2D eigenvalue weighted by molar-refractivity contribution is 5.42. The summed E-state index contributed by atoms with van der Waals surface area (Å²) in [6.07, 6.45) is 2.44. The van der Waals surface area contributed by atoms with E-state index in [0.29, 0.717) is 5.92 Å². The van der Waals surface area contributed by atoms with Crippen molar-refractivity contribution in [2.75, 3.05) is 18.0 Å². The second kappa shape index (κ2) is 5.02. The molecule has 1 fully saturated rings. The van der Waals surface area contributed by atoms with Crippen molar-refractivity contribution in [1.82, 2.24) is 4.98 Å². The van der Waals surface area contributed by atoms with Gasteiger partial charge in [-0.05, 0) is 37.0 Å². The van der Waals surface area contributed by atoms with Crippen LogP contribution >= 0.6 is 0 Å². The largest absolute Gasteiger partial charge is 0.393 e. The van der Waals surface area contributed by atoms with Crippen LogP contribution in [0.4, 0.5) is 5.82 Å². The zero-order valence-electron chi connectivity index (χ0n) is 10.5. The molecule has 1 aliphatic rings. The van der Waals surface area contributed by atoms with Gasteiger partial charge in [-0.15, -0.1) is 0 Å². The summed E-state index contributed by atoms with van der Waals surface area (Å²) in [5.74, 6) is 1.27. The third-order valence-corrected chi connectivity index (χ3v) is 3.48. The first kappa shape index (κ1) is 12.3. The molecule has 4 heteroatoms. The highest BCUT2D eigenvalue weighted by atomic mass is 16.3. The summed E-state index contributed by atoms with van der Waals surface area (Å²) in [5, 5.41) is 9.72. The van der Waals surface area contributed by atoms with E-state index in [-0.39, 0.29) is 12.1 Å². The van der Waals surface area contributed by atoms with Crippen LogP contribution < -0.4 is 10.6 Å². The van der Waals surface area contributed by atoms with E-state index in [9.17, 15) is 5.11 Å². The Balaban J connectivity index is 2.14. The molecule has 2 heterocycles. The van der Waals surface area contributed by atoms with E-state index < -0.39 is 0 Å². The minimum absolute atomic E-state index is 0.0320. The van der Waals surface area contributed by atoms with Crippen molar-refractivity contribution in [2.24, 2.45) is 11.7 Å². The normalized spacial score (nSPS) is 26.9. The molecular formula is C13H21N3O. The van der Waals surface area contributed by atoms with Gasteiger partial charge in [0.2, 0.25) is 0 Å². The van der Waals surface area contributed by atoms with Crippen molar-refractivity contribution in [3.05, 3.63) is 23.9 Å². The summed E-state index contributed by atoms with van der Waals surface area (Å²) in [5.41, 5.74) is 6.98. The number of aliphatic hydroxyl groups is 1. The van der Waals surface area contributed by atoms with Crippen LogP contribution in [-0.2, 0) is 0 Å². The molecule has 2 rings (SSSR count). The average Bonchev–Trinajstić information content (AvgIpc) is 2.33. The molecule has 0 aromatic carbocycles. The fraction of sp³-hybridized carbons (Fsp3) is 0.615. The number of aromatic nitrogens is 1. The molecule has 1 aromatic rings. The number of pyridine rings is 1. The van der Waals surface area contributed by atoms with Gasteiger partial charge in [0.05, 0.1) is 6.10 Å². The number of nitrogens with zero attached hydrogens (tertiary/aromatic N) is 2. The maximum atomic E-state index is 9.72. The molecule has 0 spiro atoms. The molecule has 3 atom stereocenters. The lowest BCUT2D eigenvalue weighted by atomic mass is 9.96. The third-order valence-electron chi connectivity index (χ3n) is 3.48. The molecule has 17 heavy (non-hydrogen) atoms. The molecule has 0 saturated carbocycles. The van der Waals surface area contributed by atoms with Crippen molar-refractivity contribution >= 4 is 5.82 Å². The number of anilines is 1. The Morgan fingerprint density at radius 2 is 2.35 bits per heavy atom. The fourth-order valence-corrected chi connectivity index (χ4v) is 2.23. The lowest BCUT2D eigenvalue weighted by Gasteiger charge is -2.35. The number of aliphatic hydroxyl groups excluding tert-OH is 1. The summed E-state index contributed by atoms with van der Waals surface area (Å²) in [4.78, 5) is 6.62. The monoisotopic (exact) mass is 235 g/mol. The number of hydrogen-bond acceptors (Lipinski definition) is 4. The van der Waals surface area contributed by atoms with Crippen molar-refractivity contribution in [3.63, 3.8) is 0 Å². The summed E-state index contributed by atoms with van der Waals surface area (Å²) < 4.78 is 0. The first-order valence-electron chi connectivity index (χ1n) is 6.22. The summed E-state index contributed by atoms with van der Waals surface area (Å²) in [6, 6.07) is 4.04. The maximum Gasteiger partial charge on any atom is 0.128 e. The lowest BCUT2D eigenvalue weighted by Crippen LogP contribution is -2.42. The van der Waals surface area contributed by atoms with E-state index in [0.717, 1.165) is 30.9 Å². The van der Waals surface area contributed by atoms with Gasteiger partial charge in [0.15, 0.2) is 0 Å². The topological polar surface area (TPSA) is 62.4 Å². The van der Waals surface area contributed by atoms with Gasteiger partial charge in [-0.25, -0.2) is 4.98 Å². The number of piperidine rings is 1. The Morgan fingerprint density at radius 3 is 3.00 bits per heavy atom. The highest BCUT2D eigenvalue weighted by Gasteiger charge is 2.24. The van der Waals surface area contributed by atoms with E-state index in [1.807, 2.05) is 19.2 Å². The van der Waals surface area contributed by atoms with Gasteiger partial charge < -0.3 is 15.7 Å². The number of rotatable bonds is 2. The van der Waals surface area contributed by atoms with E-state index in [1.165, 1.54) is 0 Å². The van der Waals surface area contributed by atoms with Crippen LogP contribution in [0.3, 0.4) is 0 Å². The number of hydrogen-bond donors (Lipinski definition) is 2. The number of nitrogens with two attached hydrogens (primary N) is 1. The van der Waals surface area contributed by atoms with Crippen LogP contribution in [0.15, 0.2) is 18.3 Å². The van der Waals surface area contributed by atoms with Gasteiger partial charge in [0.1, 0.15) is 5.82 Å². The van der Waals surface area contributed by atoms with E-state index in [2.05, 4.69) is 22.9 Å². The predicted octanol–water partition coefficient (Wildman–Crippen LogP) is 1.31. The molecule has 0 amide bonds. The first-order chi connectivity index (χ1) is 8.08. The van der Waals surface area contributed by atoms with Gasteiger partial charge in [-0.3, -0.25) is 0 Å². The molecule has 0 bridgehead atoms. The molecule has 0 aliphatic carbocycles. The smallest absolute Gasteiger partial charge is 0.128 e. The van der Waals surface area contributed by atoms with E-state index in [1.54, 1.807) is 0 Å². The van der Waals surface area contributed by atoms with Crippen LogP contribution in [0, 0.1) is 5.92 Å². The van der Waals surface area contributed by atoms with Gasteiger partial charge >= 0.3 is 0 Å². The second-order valence-corrected chi connectivity index (χ2v) is 5.02. The Hall–Kier alpha value is -1.13. The van der Waals surface area contributed by atoms with E-state index >= 15 is 0 Å². The summed E-state index contributed by atoms with van der Waals surface area (Å²) in [7, 11) is 0. The van der Waals surface area contributed by atoms with Gasteiger partial charge in [-0.1, -0.05) is 6.92 Å². The lowest BCUT2D eigenvalue weighted by molar-refractivity contribution is 0.0969. The highest BCUT2D eigenvalue weighted by Crippen LogP contribution is 2.23. The van der Waals surface area contributed by atoms with Gasteiger partial charge in [0.25, 0.3) is 0 Å². The molecule has 3 N–H and O–H groups in total. The standard InChI is InChI=1S/C13H21N3O/c1-9-8-16(6-4-12(9)17)13-7-11(10(2)14)3-5-15-13/h3,5,7,9-10,12,17H,4,6,8,14H2,1-2H3. The zero-order valence-corrected chi connectivity index (χ0v) is 10.5. The van der Waals surface area contributed by atoms with Crippen molar-refractivity contribution in [3.8, 4) is 0 Å². The fourth-order valence-electron chi connectivity index (χ4n) is 2.23. The van der Waals surface area contributed by atoms with Crippen LogP contribution in [0.25, 0.3) is 0 Å². The van der Waals surface area contributed by atoms with Crippen LogP contribution in [0.5, 0.6) is 0 Å². The Morgan fingerprint density at radius 1 is 1.59 bits per heavy atom. The quantitative estimate of drug-likeness (QED) is 0.811. The molecular weight excluding hydrogens is 214 g/mol. The van der Waals surface area contributed by atoms with Gasteiger partial charge in [0, 0.05) is 25.3 Å². The molecule has 0 radical (unpaired) electrons. The Labute approximate surface area is 102 Å². The Kier molecular flexibility index (Phi) is 3.64. The maximum absolute atomic E-state index is 9.72. The average molecular weight is 235 g/mol. The molecule has 3 unspecified atom stereocenters. The predicted molar refractivity (Wildman–Crippen MR) is 68.8 cm³/mol. The summed E-state index contributed by atoms with van der Waals surface area (Å²) >= 11 is 0. The molecule has 1 aromatic heterocycles. The Bertz CT molecular complexity index is 381. The summed E-state index contributed by atoms with van der Waals surface area (Å²) in [6.45, 7) is 5.77. The SMILES string of the molecule is CC(N)c1ccnc(N2CCC(O)C(C)C2)c1. The van der Waals surface area contributed by atoms with Crippen molar-refractivity contribution < 1.29 is 5.11 Å². The zero-order chi connectivity index (χ0) is 12.4. The van der Waals surface area contributed by atoms with Crippen LogP contribution in [0.2, 0.25) is 0 Å². The molecule has 1 aliphatic heterocycles. The third kappa shape index (κ3) is 2.76. The van der Waals surface area contributed by atoms with Crippen molar-refractivity contribution in [1.29, 1.82) is 0 Å². The van der Waals surface area contributed by atoms with E-state index in [4.69, 9.17) is 5.73 Å². The van der Waals surface area contributed by atoms with Gasteiger partial charge in [-0.2, -0.15) is 0 Å². The minimum Gasteiger partial charge on any atom is -0.393 e.